The van der Waals surface area contributed by atoms with Crippen LogP contribution in [0.5, 0.6) is 5.75 Å². The molecule has 2 atom stereocenters. The zero-order chi connectivity index (χ0) is 30.1. The molecule has 0 aliphatic heterocycles. The van der Waals surface area contributed by atoms with Crippen molar-refractivity contribution in [3.63, 3.8) is 0 Å². The number of pyridine rings is 2. The summed E-state index contributed by atoms with van der Waals surface area (Å²) in [6, 6.07) is 18.3. The molecule has 1 unspecified atom stereocenters. The third kappa shape index (κ3) is 9.77. The van der Waals surface area contributed by atoms with Crippen molar-refractivity contribution in [3.8, 4) is 5.75 Å². The molecular weight excluding hydrogens is 806 g/mol. The van der Waals surface area contributed by atoms with Gasteiger partial charge in [-0.3, -0.25) is 14.8 Å². The van der Waals surface area contributed by atoms with Crippen LogP contribution in [0.2, 0.25) is 10.0 Å². The molecule has 0 radical (unpaired) electrons. The SMILES string of the molecule is O.O=C(O)COc1ccc(C(=O)c2cccs2)c(Cl)c1Cl.[NH-]C1CCCC[C@@H]1[NH-].[Pt+2].c1cnc2c(c1)ccc1cccnc12. The number of ketones is 1. The molecule has 0 saturated heterocycles. The van der Waals surface area contributed by atoms with Gasteiger partial charge >= 0.3 is 27.0 Å². The molecule has 1 aliphatic rings. The minimum Gasteiger partial charge on any atom is -0.676 e. The van der Waals surface area contributed by atoms with Crippen LogP contribution in [-0.2, 0) is 25.9 Å². The molecular formula is C31H30Cl2N4O5PtS. The van der Waals surface area contributed by atoms with E-state index in [-0.39, 0.29) is 65.8 Å². The molecule has 0 spiro atoms. The molecule has 9 nitrogen and oxygen atoms in total. The Morgan fingerprint density at radius 3 is 1.91 bits per heavy atom. The van der Waals surface area contributed by atoms with Crippen LogP contribution in [0, 0.1) is 0 Å². The number of aromatic nitrogens is 2. The molecule has 2 aromatic carbocycles. The predicted octanol–water partition coefficient (Wildman–Crippen LogP) is 8.11. The maximum absolute atomic E-state index is 12.2. The fourth-order valence-corrected chi connectivity index (χ4v) is 5.45. The van der Waals surface area contributed by atoms with E-state index in [1.54, 1.807) is 29.9 Å². The molecule has 1 fully saturated rings. The Kier molecular flexibility index (Phi) is 15.3. The van der Waals surface area contributed by atoms with Gasteiger partial charge in [-0.1, -0.05) is 79.2 Å². The number of carbonyl (C=O) groups excluding carboxylic acids is 1. The topological polar surface area (TPSA) is 168 Å². The van der Waals surface area contributed by atoms with Crippen LogP contribution >= 0.6 is 34.5 Å². The smallest absolute Gasteiger partial charge is 0.676 e. The van der Waals surface area contributed by atoms with Gasteiger partial charge in [-0.05, 0) is 35.7 Å². The fourth-order valence-electron chi connectivity index (χ4n) is 4.31. The number of nitrogens with zero attached hydrogens (tertiary/aromatic N) is 2. The quantitative estimate of drug-likeness (QED) is 0.139. The zero-order valence-corrected chi connectivity index (χ0v) is 27.8. The summed E-state index contributed by atoms with van der Waals surface area (Å²) in [6.07, 6.45) is 7.85. The fraction of sp³-hybridized carbons (Fsp3) is 0.226. The Morgan fingerprint density at radius 2 is 1.43 bits per heavy atom. The molecule has 234 valence electrons. The minimum atomic E-state index is -1.13. The molecule has 1 saturated carbocycles. The Balaban J connectivity index is 0.000000245. The van der Waals surface area contributed by atoms with Gasteiger partial charge in [0.15, 0.2) is 6.61 Å². The molecule has 5 N–H and O–H groups in total. The van der Waals surface area contributed by atoms with E-state index in [9.17, 15) is 9.59 Å². The Hall–Kier alpha value is -2.95. The van der Waals surface area contributed by atoms with Gasteiger partial charge in [0.2, 0.25) is 5.78 Å². The van der Waals surface area contributed by atoms with Crippen LogP contribution in [0.4, 0.5) is 0 Å². The van der Waals surface area contributed by atoms with E-state index < -0.39 is 12.6 Å². The maximum Gasteiger partial charge on any atom is 2.00 e. The summed E-state index contributed by atoms with van der Waals surface area (Å²) in [5.74, 6) is -1.24. The first-order valence-electron chi connectivity index (χ1n) is 13.2. The number of carboxylic acids is 1. The zero-order valence-electron chi connectivity index (χ0n) is 23.2. The largest absolute Gasteiger partial charge is 2.00 e. The van der Waals surface area contributed by atoms with Crippen LogP contribution in [0.15, 0.2) is 78.4 Å². The van der Waals surface area contributed by atoms with Crippen molar-refractivity contribution in [1.29, 1.82) is 0 Å². The molecule has 5 aromatic rings. The summed E-state index contributed by atoms with van der Waals surface area (Å²) in [5, 5.41) is 12.7. The van der Waals surface area contributed by atoms with Crippen molar-refractivity contribution >= 4 is 68.1 Å². The molecule has 3 heterocycles. The molecule has 0 amide bonds. The van der Waals surface area contributed by atoms with Gasteiger partial charge < -0.3 is 26.8 Å². The molecule has 0 bridgehead atoms. The van der Waals surface area contributed by atoms with Crippen molar-refractivity contribution in [2.75, 3.05) is 6.61 Å². The summed E-state index contributed by atoms with van der Waals surface area (Å²) >= 11 is 13.3. The van der Waals surface area contributed by atoms with Gasteiger partial charge in [0.05, 0.1) is 20.9 Å². The normalized spacial score (nSPS) is 15.4. The summed E-state index contributed by atoms with van der Waals surface area (Å²) in [5.41, 5.74) is 16.8. The Bertz CT molecular complexity index is 1610. The molecule has 1 aliphatic carbocycles. The van der Waals surface area contributed by atoms with Crippen molar-refractivity contribution < 1.29 is 46.0 Å². The van der Waals surface area contributed by atoms with E-state index in [0.717, 1.165) is 34.6 Å². The summed E-state index contributed by atoms with van der Waals surface area (Å²) in [4.78, 5) is 31.9. The third-order valence-electron chi connectivity index (χ3n) is 6.50. The number of hydrogen-bond donors (Lipinski definition) is 1. The van der Waals surface area contributed by atoms with E-state index in [1.807, 2.05) is 12.1 Å². The summed E-state index contributed by atoms with van der Waals surface area (Å²) < 4.78 is 4.98. The number of aliphatic carboxylic acids is 1. The summed E-state index contributed by atoms with van der Waals surface area (Å²) in [7, 11) is 0. The maximum atomic E-state index is 12.2. The first-order valence-corrected chi connectivity index (χ1v) is 14.8. The second-order valence-electron chi connectivity index (χ2n) is 9.44. The molecule has 6 rings (SSSR count). The average Bonchev–Trinajstić information content (AvgIpc) is 3.55. The Labute approximate surface area is 283 Å². The van der Waals surface area contributed by atoms with Crippen molar-refractivity contribution in [2.45, 2.75) is 37.8 Å². The van der Waals surface area contributed by atoms with Crippen LogP contribution in [0.25, 0.3) is 33.3 Å². The number of fused-ring (bicyclic) bond motifs is 3. The van der Waals surface area contributed by atoms with Gasteiger partial charge in [-0.15, -0.1) is 11.3 Å². The minimum absolute atomic E-state index is 0. The van der Waals surface area contributed by atoms with E-state index in [1.165, 1.54) is 36.3 Å². The van der Waals surface area contributed by atoms with Gasteiger partial charge in [-0.2, -0.15) is 12.1 Å². The monoisotopic (exact) mass is 835 g/mol. The first kappa shape index (κ1) is 37.2. The second-order valence-corrected chi connectivity index (χ2v) is 11.1. The number of rotatable bonds is 5. The average molecular weight is 837 g/mol. The van der Waals surface area contributed by atoms with Crippen molar-refractivity contribution in [2.24, 2.45) is 0 Å². The van der Waals surface area contributed by atoms with E-state index in [4.69, 9.17) is 44.5 Å². The van der Waals surface area contributed by atoms with E-state index in [2.05, 4.69) is 34.2 Å². The number of carbonyl (C=O) groups is 2. The van der Waals surface area contributed by atoms with Crippen molar-refractivity contribution in [1.82, 2.24) is 9.97 Å². The third-order valence-corrected chi connectivity index (χ3v) is 8.23. The van der Waals surface area contributed by atoms with Gasteiger partial charge in [-0.25, -0.2) is 4.79 Å². The van der Waals surface area contributed by atoms with Gasteiger partial charge in [0.25, 0.3) is 0 Å². The van der Waals surface area contributed by atoms with E-state index in [0.29, 0.717) is 4.88 Å². The number of thiophene rings is 1. The van der Waals surface area contributed by atoms with Crippen LogP contribution < -0.4 is 4.74 Å². The number of carboxylic acid groups (broad SMARTS) is 1. The van der Waals surface area contributed by atoms with Crippen molar-refractivity contribution in [3.05, 3.63) is 110 Å². The van der Waals surface area contributed by atoms with Crippen LogP contribution in [0.1, 0.15) is 40.9 Å². The van der Waals surface area contributed by atoms with Crippen LogP contribution in [-0.4, -0.2) is 51.0 Å². The number of benzene rings is 2. The van der Waals surface area contributed by atoms with Gasteiger partial charge in [0.1, 0.15) is 10.8 Å². The van der Waals surface area contributed by atoms with Gasteiger partial charge in [0, 0.05) is 28.7 Å². The predicted molar refractivity (Wildman–Crippen MR) is 173 cm³/mol. The standard InChI is InChI=1S/C13H8Cl2O4S.C12H8N2.C6H12N2.H2O.Pt/c14-11-7(13(18)9-2-1-5-20-9)3-4-8(12(11)15)19-6-10(16)17;1-3-9-5-6-10-4-2-8-14-12(10)11(9)13-7-1;7-5-3-1-2-4-6(5)8;;/h1-5H,6H2,(H,16,17);1-8H;5-8H,1-4H2;1H2;/q;;-2;;+2/t;;5-,6?;;/m..0../s1. The number of ether oxygens (including phenoxy) is 1. The summed E-state index contributed by atoms with van der Waals surface area (Å²) in [6.45, 7) is -0.533. The second kappa shape index (κ2) is 18.1. The number of halogens is 2. The van der Waals surface area contributed by atoms with E-state index >= 15 is 0 Å². The molecule has 3 aromatic heterocycles. The first-order chi connectivity index (χ1) is 20.3. The van der Waals surface area contributed by atoms with Crippen LogP contribution in [0.3, 0.4) is 0 Å². The Morgan fingerprint density at radius 1 is 0.864 bits per heavy atom. The molecule has 44 heavy (non-hydrogen) atoms. The number of hydrogen-bond acceptors (Lipinski definition) is 6. The number of nitrogens with one attached hydrogen (secondary N) is 2. The molecule has 13 heteroatoms.